The van der Waals surface area contributed by atoms with Crippen LogP contribution in [0.1, 0.15) is 17.3 Å². The van der Waals surface area contributed by atoms with Gasteiger partial charge in [0.1, 0.15) is 0 Å². The minimum Gasteiger partial charge on any atom is -0.308 e. The minimum absolute atomic E-state index is 0.147. The number of benzene rings is 1. The second-order valence-corrected chi connectivity index (χ2v) is 5.24. The largest absolute Gasteiger partial charge is 0.308 e. The van der Waals surface area contributed by atoms with Gasteiger partial charge >= 0.3 is 0 Å². The third-order valence-electron chi connectivity index (χ3n) is 3.14. The van der Waals surface area contributed by atoms with E-state index in [-0.39, 0.29) is 6.04 Å². The number of thiophene rings is 1. The van der Waals surface area contributed by atoms with Crippen molar-refractivity contribution in [3.05, 3.63) is 53.2 Å². The van der Waals surface area contributed by atoms with E-state index in [0.29, 0.717) is 0 Å². The lowest BCUT2D eigenvalue weighted by Gasteiger charge is -2.15. The molecule has 1 aromatic carbocycles. The van der Waals surface area contributed by atoms with E-state index in [1.54, 1.807) is 11.3 Å². The monoisotopic (exact) mass is 257 g/mol. The van der Waals surface area contributed by atoms with E-state index < -0.39 is 0 Å². The maximum atomic E-state index is 4.51. The van der Waals surface area contributed by atoms with Gasteiger partial charge in [0.15, 0.2) is 0 Å². The van der Waals surface area contributed by atoms with Crippen molar-refractivity contribution in [3.8, 4) is 0 Å². The maximum absolute atomic E-state index is 4.51. The molecule has 4 heteroatoms. The molecule has 3 rings (SSSR count). The molecule has 0 spiro atoms. The Morgan fingerprint density at radius 1 is 1.28 bits per heavy atom. The first-order valence-corrected chi connectivity index (χ1v) is 6.80. The van der Waals surface area contributed by atoms with Crippen molar-refractivity contribution in [2.45, 2.75) is 6.04 Å². The molecule has 1 unspecified atom stereocenters. The van der Waals surface area contributed by atoms with Gasteiger partial charge in [-0.05, 0) is 35.5 Å². The Kier molecular flexibility index (Phi) is 2.89. The van der Waals surface area contributed by atoms with Gasteiger partial charge in [0, 0.05) is 17.9 Å². The lowest BCUT2D eigenvalue weighted by Crippen LogP contribution is -2.18. The molecule has 1 atom stereocenters. The topological polar surface area (TPSA) is 29.9 Å². The van der Waals surface area contributed by atoms with Crippen LogP contribution in [-0.2, 0) is 7.05 Å². The molecule has 3 aromatic rings. The van der Waals surface area contributed by atoms with Crippen molar-refractivity contribution in [3.63, 3.8) is 0 Å². The Morgan fingerprint density at radius 3 is 2.89 bits per heavy atom. The summed E-state index contributed by atoms with van der Waals surface area (Å²) in [4.78, 5) is 0. The molecule has 1 N–H and O–H groups in total. The lowest BCUT2D eigenvalue weighted by molar-refractivity contribution is 0.646. The molecule has 0 amide bonds. The Hall–Kier alpha value is -1.65. The maximum Gasteiger partial charge on any atom is 0.0839 e. The zero-order valence-corrected chi connectivity index (χ0v) is 11.2. The van der Waals surface area contributed by atoms with Crippen LogP contribution in [0.25, 0.3) is 10.1 Å². The van der Waals surface area contributed by atoms with Gasteiger partial charge < -0.3 is 5.32 Å². The first-order chi connectivity index (χ1) is 8.79. The molecule has 18 heavy (non-hydrogen) atoms. The first-order valence-electron chi connectivity index (χ1n) is 5.92. The van der Waals surface area contributed by atoms with Crippen LogP contribution in [0.5, 0.6) is 0 Å². The van der Waals surface area contributed by atoms with E-state index in [1.807, 2.05) is 25.0 Å². The van der Waals surface area contributed by atoms with Gasteiger partial charge in [-0.1, -0.05) is 18.2 Å². The van der Waals surface area contributed by atoms with Crippen LogP contribution in [0.3, 0.4) is 0 Å². The predicted molar refractivity (Wildman–Crippen MR) is 75.9 cm³/mol. The number of aryl methyl sites for hydroxylation is 1. The third-order valence-corrected chi connectivity index (χ3v) is 4.12. The zero-order valence-electron chi connectivity index (χ0n) is 10.4. The van der Waals surface area contributed by atoms with Gasteiger partial charge in [0.05, 0.1) is 11.7 Å². The number of nitrogens with one attached hydrogen (secondary N) is 1. The molecule has 0 radical (unpaired) electrons. The van der Waals surface area contributed by atoms with E-state index in [2.05, 4.69) is 46.1 Å². The van der Waals surface area contributed by atoms with Crippen molar-refractivity contribution in [1.29, 1.82) is 0 Å². The summed E-state index contributed by atoms with van der Waals surface area (Å²) in [5.74, 6) is 0. The molecule has 0 aliphatic heterocycles. The molecule has 3 nitrogen and oxygen atoms in total. The van der Waals surface area contributed by atoms with Crippen LogP contribution < -0.4 is 5.32 Å². The summed E-state index contributed by atoms with van der Waals surface area (Å²) in [6.45, 7) is 0. The number of hydrogen-bond donors (Lipinski definition) is 1. The highest BCUT2D eigenvalue weighted by molar-refractivity contribution is 7.17. The van der Waals surface area contributed by atoms with Crippen molar-refractivity contribution in [2.75, 3.05) is 7.05 Å². The van der Waals surface area contributed by atoms with Gasteiger partial charge in [-0.3, -0.25) is 4.68 Å². The Labute approximate surface area is 110 Å². The average Bonchev–Trinajstić information content (AvgIpc) is 2.99. The van der Waals surface area contributed by atoms with E-state index >= 15 is 0 Å². The number of nitrogens with zero attached hydrogens (tertiary/aromatic N) is 2. The summed E-state index contributed by atoms with van der Waals surface area (Å²) < 4.78 is 3.18. The van der Waals surface area contributed by atoms with Crippen molar-refractivity contribution < 1.29 is 0 Å². The Bertz CT molecular complexity index is 668. The average molecular weight is 257 g/mol. The standard InChI is InChI=1S/C14H15N3S/c1-15-13(12-6-8-17(2)16-12)11-5-3-4-10-7-9-18-14(10)11/h3-9,13,15H,1-2H3. The van der Waals surface area contributed by atoms with Gasteiger partial charge in [-0.2, -0.15) is 5.10 Å². The normalized spacial score (nSPS) is 13.0. The van der Waals surface area contributed by atoms with Crippen LogP contribution >= 0.6 is 11.3 Å². The van der Waals surface area contributed by atoms with Crippen LogP contribution in [-0.4, -0.2) is 16.8 Å². The molecule has 2 aromatic heterocycles. The predicted octanol–water partition coefficient (Wildman–Crippen LogP) is 2.94. The molecule has 2 heterocycles. The Balaban J connectivity index is 2.14. The molecule has 0 saturated heterocycles. The molecular formula is C14H15N3S. The van der Waals surface area contributed by atoms with Crippen molar-refractivity contribution in [1.82, 2.24) is 15.1 Å². The number of hydrogen-bond acceptors (Lipinski definition) is 3. The smallest absolute Gasteiger partial charge is 0.0839 e. The summed E-state index contributed by atoms with van der Waals surface area (Å²) in [5, 5.41) is 11.3. The minimum atomic E-state index is 0.147. The number of aromatic nitrogens is 2. The lowest BCUT2D eigenvalue weighted by atomic mass is 10.0. The molecular weight excluding hydrogens is 242 g/mol. The fraction of sp³-hybridized carbons (Fsp3) is 0.214. The van der Waals surface area contributed by atoms with Gasteiger partial charge in [0.25, 0.3) is 0 Å². The first kappa shape index (κ1) is 11.4. The second kappa shape index (κ2) is 4.55. The van der Waals surface area contributed by atoms with Crippen LogP contribution in [0.4, 0.5) is 0 Å². The van der Waals surface area contributed by atoms with E-state index in [1.165, 1.54) is 15.6 Å². The van der Waals surface area contributed by atoms with Gasteiger partial charge in [-0.15, -0.1) is 11.3 Å². The number of fused-ring (bicyclic) bond motifs is 1. The highest BCUT2D eigenvalue weighted by atomic mass is 32.1. The van der Waals surface area contributed by atoms with E-state index in [9.17, 15) is 0 Å². The van der Waals surface area contributed by atoms with Gasteiger partial charge in [0.2, 0.25) is 0 Å². The molecule has 0 bridgehead atoms. The third kappa shape index (κ3) is 1.83. The SMILES string of the molecule is CNC(c1ccn(C)n1)c1cccc2ccsc12. The molecule has 92 valence electrons. The van der Waals surface area contributed by atoms with Crippen molar-refractivity contribution >= 4 is 21.4 Å². The molecule has 0 aliphatic rings. The summed E-state index contributed by atoms with van der Waals surface area (Å²) in [7, 11) is 3.92. The van der Waals surface area contributed by atoms with Crippen molar-refractivity contribution in [2.24, 2.45) is 7.05 Å². The zero-order chi connectivity index (χ0) is 12.5. The summed E-state index contributed by atoms with van der Waals surface area (Å²) in [5.41, 5.74) is 2.35. The van der Waals surface area contributed by atoms with E-state index in [0.717, 1.165) is 5.69 Å². The number of rotatable bonds is 3. The molecule has 0 aliphatic carbocycles. The highest BCUT2D eigenvalue weighted by Gasteiger charge is 2.17. The van der Waals surface area contributed by atoms with Crippen LogP contribution in [0, 0.1) is 0 Å². The molecule has 0 saturated carbocycles. The fourth-order valence-electron chi connectivity index (χ4n) is 2.29. The van der Waals surface area contributed by atoms with Gasteiger partial charge in [-0.25, -0.2) is 0 Å². The quantitative estimate of drug-likeness (QED) is 0.782. The Morgan fingerprint density at radius 2 is 2.17 bits per heavy atom. The van der Waals surface area contributed by atoms with E-state index in [4.69, 9.17) is 0 Å². The summed E-state index contributed by atoms with van der Waals surface area (Å²) >= 11 is 1.78. The highest BCUT2D eigenvalue weighted by Crippen LogP contribution is 2.31. The second-order valence-electron chi connectivity index (χ2n) is 4.32. The van der Waals surface area contributed by atoms with Crippen LogP contribution in [0.2, 0.25) is 0 Å². The summed E-state index contributed by atoms with van der Waals surface area (Å²) in [6, 6.07) is 10.8. The summed E-state index contributed by atoms with van der Waals surface area (Å²) in [6.07, 6.45) is 1.98. The fourth-order valence-corrected chi connectivity index (χ4v) is 3.24. The molecule has 0 fully saturated rings. The van der Waals surface area contributed by atoms with Crippen LogP contribution in [0.15, 0.2) is 41.9 Å².